The van der Waals surface area contributed by atoms with E-state index < -0.39 is 11.9 Å². The van der Waals surface area contributed by atoms with E-state index >= 15 is 0 Å². The zero-order valence-corrected chi connectivity index (χ0v) is 9.91. The molecule has 8 heteroatoms. The second-order valence-corrected chi connectivity index (χ2v) is 2.16. The molecule has 0 saturated heterocycles. The van der Waals surface area contributed by atoms with Crippen LogP contribution < -0.4 is 29.6 Å². The van der Waals surface area contributed by atoms with Crippen LogP contribution in [0.3, 0.4) is 0 Å². The number of carbonyl (C=O) groups is 2. The summed E-state index contributed by atoms with van der Waals surface area (Å²) in [5, 5.41) is 17.1. The van der Waals surface area contributed by atoms with Crippen molar-refractivity contribution < 1.29 is 61.7 Å². The van der Waals surface area contributed by atoms with E-state index in [0.29, 0.717) is 0 Å². The Bertz CT molecular complexity index is 316. The Morgan fingerprint density at radius 3 is 1.38 bits per heavy atom. The summed E-state index contributed by atoms with van der Waals surface area (Å²) in [6.07, 6.45) is 0. The average molecular weight is 264 g/mol. The van der Waals surface area contributed by atoms with E-state index in [0.717, 1.165) is 0 Å². The number of rotatable bonds is 2. The molecule has 4 N–H and O–H groups in total. The number of carboxylic acid groups (broad SMARTS) is 2. The van der Waals surface area contributed by atoms with Crippen LogP contribution in [-0.4, -0.2) is 84.5 Å². The van der Waals surface area contributed by atoms with Crippen molar-refractivity contribution in [2.45, 2.75) is 0 Å². The van der Waals surface area contributed by atoms with Gasteiger partial charge in [-0.2, -0.15) is 0 Å². The maximum atomic E-state index is 10.5. The smallest absolute Gasteiger partial charge is 0.870 e. The van der Waals surface area contributed by atoms with Crippen molar-refractivity contribution in [2.24, 2.45) is 0 Å². The van der Waals surface area contributed by atoms with Crippen LogP contribution in [0.15, 0.2) is 24.3 Å². The van der Waals surface area contributed by atoms with Gasteiger partial charge < -0.3 is 21.2 Å². The Labute approximate surface area is 158 Å². The van der Waals surface area contributed by atoms with Gasteiger partial charge >= 0.3 is 94.3 Å². The molecule has 16 heavy (non-hydrogen) atoms. The predicted molar refractivity (Wildman–Crippen MR) is 52.5 cm³/mol. The molecule has 1 aromatic carbocycles. The van der Waals surface area contributed by atoms with Crippen LogP contribution in [0.4, 0.5) is 0 Å². The fraction of sp³-hybridized carbons (Fsp3) is 0. The molecule has 1 aromatic rings. The van der Waals surface area contributed by atoms with E-state index in [1.165, 1.54) is 24.3 Å². The van der Waals surface area contributed by atoms with Gasteiger partial charge in [-0.05, 0) is 12.1 Å². The minimum Gasteiger partial charge on any atom is -0.870 e. The van der Waals surface area contributed by atoms with Crippen molar-refractivity contribution in [1.29, 1.82) is 0 Å². The SMILES string of the molecule is O=C(O)c1ccccc1C(=O)O.[H+].[KH].[Na+].[OH-].[OH-]. The van der Waals surface area contributed by atoms with E-state index in [-0.39, 0.29) is 104 Å². The minimum absolute atomic E-state index is 0. The maximum Gasteiger partial charge on any atom is 1.00 e. The van der Waals surface area contributed by atoms with E-state index in [4.69, 9.17) is 10.2 Å². The molecule has 0 spiro atoms. The normalized spacial score (nSPS) is 7.00. The Kier molecular flexibility index (Phi) is 19.4. The van der Waals surface area contributed by atoms with Gasteiger partial charge in [0.25, 0.3) is 0 Å². The zero-order valence-electron chi connectivity index (χ0n) is 8.91. The predicted octanol–water partition coefficient (Wildman–Crippen LogP) is -2.80. The van der Waals surface area contributed by atoms with Crippen LogP contribution in [0.5, 0.6) is 0 Å². The first-order valence-corrected chi connectivity index (χ1v) is 3.18. The van der Waals surface area contributed by atoms with Crippen molar-refractivity contribution in [1.82, 2.24) is 0 Å². The summed E-state index contributed by atoms with van der Waals surface area (Å²) in [6, 6.07) is 5.48. The molecule has 0 atom stereocenters. The number of carboxylic acids is 2. The monoisotopic (exact) mass is 264 g/mol. The van der Waals surface area contributed by atoms with Crippen LogP contribution in [-0.2, 0) is 0 Å². The molecular formula is C8H10KNaO6. The number of benzene rings is 1. The minimum atomic E-state index is -1.23. The fourth-order valence-corrected chi connectivity index (χ4v) is 0.856. The van der Waals surface area contributed by atoms with Gasteiger partial charge in [0, 0.05) is 0 Å². The van der Waals surface area contributed by atoms with Crippen molar-refractivity contribution in [3.05, 3.63) is 35.4 Å². The first-order valence-electron chi connectivity index (χ1n) is 3.18. The third kappa shape index (κ3) is 7.12. The largest absolute Gasteiger partial charge is 1.00 e. The zero-order chi connectivity index (χ0) is 9.14. The molecule has 0 aromatic heterocycles. The van der Waals surface area contributed by atoms with Gasteiger partial charge in [-0.25, -0.2) is 9.59 Å². The number of hydrogen-bond acceptors (Lipinski definition) is 4. The molecule has 1 rings (SSSR count). The molecule has 0 radical (unpaired) electrons. The van der Waals surface area contributed by atoms with E-state index in [1.807, 2.05) is 0 Å². The summed E-state index contributed by atoms with van der Waals surface area (Å²) in [5.74, 6) is -2.46. The summed E-state index contributed by atoms with van der Waals surface area (Å²) in [6.45, 7) is 0. The molecule has 0 aliphatic rings. The topological polar surface area (TPSA) is 135 Å². The molecule has 0 aliphatic heterocycles. The van der Waals surface area contributed by atoms with E-state index in [1.54, 1.807) is 0 Å². The first-order chi connectivity index (χ1) is 5.63. The molecule has 80 valence electrons. The molecule has 6 nitrogen and oxygen atoms in total. The van der Waals surface area contributed by atoms with Gasteiger partial charge in [-0.15, -0.1) is 0 Å². The van der Waals surface area contributed by atoms with Crippen molar-refractivity contribution >= 4 is 63.3 Å². The van der Waals surface area contributed by atoms with Crippen molar-refractivity contribution in [2.75, 3.05) is 0 Å². The second kappa shape index (κ2) is 12.2. The van der Waals surface area contributed by atoms with Crippen LogP contribution in [0.25, 0.3) is 0 Å². The maximum absolute atomic E-state index is 10.5. The Balaban J connectivity index is -0.0000000960. The molecule has 0 amide bonds. The standard InChI is InChI=1S/C8H6O4.K.Na.2H2O.H/c9-7(10)5-3-1-2-4-6(5)8(11)12;;;;;/h1-4H,(H,9,10)(H,11,12);;;2*1H2;/q;;+1;;;/p-1. The Hall–Kier alpha value is 0.716. The summed E-state index contributed by atoms with van der Waals surface area (Å²) >= 11 is 0. The molecule has 0 aliphatic carbocycles. The van der Waals surface area contributed by atoms with Crippen LogP contribution in [0.2, 0.25) is 0 Å². The summed E-state index contributed by atoms with van der Waals surface area (Å²) in [7, 11) is 0. The molecule has 0 saturated carbocycles. The number of aromatic carboxylic acids is 2. The van der Waals surface area contributed by atoms with Crippen molar-refractivity contribution in [3.63, 3.8) is 0 Å². The Morgan fingerprint density at radius 1 is 0.938 bits per heavy atom. The summed E-state index contributed by atoms with van der Waals surface area (Å²) < 4.78 is 0. The first kappa shape index (κ1) is 25.5. The molecule has 0 bridgehead atoms. The number of hydrogen-bond donors (Lipinski definition) is 2. The fourth-order valence-electron chi connectivity index (χ4n) is 0.856. The van der Waals surface area contributed by atoms with Gasteiger partial charge in [0.2, 0.25) is 0 Å². The van der Waals surface area contributed by atoms with Gasteiger partial charge in [-0.3, -0.25) is 0 Å². The van der Waals surface area contributed by atoms with Gasteiger partial charge in [0.05, 0.1) is 11.1 Å². The van der Waals surface area contributed by atoms with Gasteiger partial charge in [0.1, 0.15) is 0 Å². The quantitative estimate of drug-likeness (QED) is 0.554. The Morgan fingerprint density at radius 2 is 1.19 bits per heavy atom. The van der Waals surface area contributed by atoms with Crippen LogP contribution >= 0.6 is 0 Å². The average Bonchev–Trinajstić information content (AvgIpc) is 2.04. The third-order valence-electron chi connectivity index (χ3n) is 1.39. The van der Waals surface area contributed by atoms with Crippen LogP contribution in [0, 0.1) is 0 Å². The summed E-state index contributed by atoms with van der Waals surface area (Å²) in [5.41, 5.74) is -0.380. The van der Waals surface area contributed by atoms with E-state index in [2.05, 4.69) is 0 Å². The van der Waals surface area contributed by atoms with Crippen molar-refractivity contribution in [3.8, 4) is 0 Å². The molecule has 0 fully saturated rings. The van der Waals surface area contributed by atoms with Gasteiger partial charge in [0.15, 0.2) is 0 Å². The third-order valence-corrected chi connectivity index (χ3v) is 1.39. The van der Waals surface area contributed by atoms with E-state index in [9.17, 15) is 9.59 Å². The summed E-state index contributed by atoms with van der Waals surface area (Å²) in [4.78, 5) is 20.9. The molecule has 0 heterocycles. The second-order valence-electron chi connectivity index (χ2n) is 2.16. The molecular weight excluding hydrogens is 254 g/mol. The molecule has 0 unspecified atom stereocenters. The van der Waals surface area contributed by atoms with Gasteiger partial charge in [-0.1, -0.05) is 12.1 Å². The van der Waals surface area contributed by atoms with Crippen LogP contribution in [0.1, 0.15) is 22.1 Å².